The van der Waals surface area contributed by atoms with Gasteiger partial charge >= 0.3 is 6.30 Å². The molecule has 0 aliphatic carbocycles. The van der Waals surface area contributed by atoms with Crippen molar-refractivity contribution in [1.82, 2.24) is 15.6 Å². The Hall–Kier alpha value is -1.15. The van der Waals surface area contributed by atoms with Crippen LogP contribution in [0.1, 0.15) is 6.92 Å². The van der Waals surface area contributed by atoms with Gasteiger partial charge in [0.25, 0.3) is 0 Å². The number of aliphatic imine (C=N–C) groups is 1. The summed E-state index contributed by atoms with van der Waals surface area (Å²) in [5, 5.41) is 1.53. The summed E-state index contributed by atoms with van der Waals surface area (Å²) in [6, 6.07) is 0. The Morgan fingerprint density at radius 3 is 2.73 bits per heavy atom. The molecule has 0 fully saturated rings. The van der Waals surface area contributed by atoms with Crippen molar-refractivity contribution in [3.8, 4) is 0 Å². The summed E-state index contributed by atoms with van der Waals surface area (Å²) < 4.78 is 37.0. The maximum Gasteiger partial charge on any atom is 0.500 e. The van der Waals surface area contributed by atoms with Gasteiger partial charge in [0.05, 0.1) is 11.2 Å². The number of thiol groups is 1. The fourth-order valence-corrected chi connectivity index (χ4v) is 1.54. The maximum atomic E-state index is 12.3. The van der Waals surface area contributed by atoms with E-state index in [0.717, 1.165) is 11.2 Å². The standard InChI is InChI=1S/C7H7F3N4S/c1-4-2-6(15)14-5(11-4)3-13(12-14)7(8,9)10/h2-3,12,15H,1H3. The van der Waals surface area contributed by atoms with Crippen molar-refractivity contribution < 1.29 is 13.2 Å². The van der Waals surface area contributed by atoms with Crippen LogP contribution in [-0.4, -0.2) is 22.0 Å². The summed E-state index contributed by atoms with van der Waals surface area (Å²) in [4.78, 5) is 3.93. The van der Waals surface area contributed by atoms with Crippen molar-refractivity contribution >= 4 is 18.3 Å². The largest absolute Gasteiger partial charge is 0.500 e. The van der Waals surface area contributed by atoms with Gasteiger partial charge in [-0.05, 0) is 13.0 Å². The molecule has 0 radical (unpaired) electrons. The van der Waals surface area contributed by atoms with Crippen LogP contribution in [0.2, 0.25) is 0 Å². The third-order valence-electron chi connectivity index (χ3n) is 1.81. The van der Waals surface area contributed by atoms with E-state index in [4.69, 9.17) is 0 Å². The molecule has 1 N–H and O–H groups in total. The maximum absolute atomic E-state index is 12.3. The Morgan fingerprint density at radius 2 is 2.13 bits per heavy atom. The van der Waals surface area contributed by atoms with Gasteiger partial charge < -0.3 is 0 Å². The first-order chi connectivity index (χ1) is 6.88. The van der Waals surface area contributed by atoms with Crippen LogP contribution in [-0.2, 0) is 0 Å². The van der Waals surface area contributed by atoms with Crippen molar-refractivity contribution in [2.24, 2.45) is 4.99 Å². The van der Waals surface area contributed by atoms with Gasteiger partial charge in [0.1, 0.15) is 0 Å². The molecule has 0 spiro atoms. The van der Waals surface area contributed by atoms with Crippen LogP contribution in [0.3, 0.4) is 0 Å². The lowest BCUT2D eigenvalue weighted by atomic mass is 10.3. The summed E-state index contributed by atoms with van der Waals surface area (Å²) in [6.45, 7) is 1.69. The van der Waals surface area contributed by atoms with Crippen LogP contribution in [0, 0.1) is 0 Å². The van der Waals surface area contributed by atoms with Gasteiger partial charge in [-0.3, -0.25) is 0 Å². The van der Waals surface area contributed by atoms with Gasteiger partial charge in [0.2, 0.25) is 0 Å². The third kappa shape index (κ3) is 1.82. The highest BCUT2D eigenvalue weighted by Gasteiger charge is 2.41. The number of rotatable bonds is 0. The summed E-state index contributed by atoms with van der Waals surface area (Å²) in [5.41, 5.74) is 2.71. The first kappa shape index (κ1) is 10.4. The van der Waals surface area contributed by atoms with E-state index in [1.54, 1.807) is 13.0 Å². The van der Waals surface area contributed by atoms with E-state index in [2.05, 4.69) is 23.2 Å². The molecule has 0 bridgehead atoms. The molecule has 0 aromatic carbocycles. The lowest BCUT2D eigenvalue weighted by Gasteiger charge is -2.25. The molecule has 0 amide bonds. The zero-order valence-corrected chi connectivity index (χ0v) is 8.47. The van der Waals surface area contributed by atoms with E-state index in [0.29, 0.717) is 10.7 Å². The van der Waals surface area contributed by atoms with Gasteiger partial charge in [-0.15, -0.1) is 31.3 Å². The average molecular weight is 236 g/mol. The van der Waals surface area contributed by atoms with Crippen molar-refractivity contribution in [1.29, 1.82) is 0 Å². The van der Waals surface area contributed by atoms with Crippen molar-refractivity contribution in [2.75, 3.05) is 0 Å². The third-order valence-corrected chi connectivity index (χ3v) is 2.14. The van der Waals surface area contributed by atoms with Crippen LogP contribution in [0.4, 0.5) is 13.2 Å². The number of fused-ring (bicyclic) bond motifs is 1. The summed E-state index contributed by atoms with van der Waals surface area (Å²) in [6.07, 6.45) is -2.05. The number of nitrogens with one attached hydrogen (secondary N) is 1. The molecule has 0 aromatic rings. The number of hydrogen-bond acceptors (Lipinski definition) is 5. The first-order valence-corrected chi connectivity index (χ1v) is 4.43. The number of hydrazine groups is 2. The molecule has 8 heteroatoms. The Kier molecular flexibility index (Phi) is 2.19. The zero-order chi connectivity index (χ0) is 11.2. The molecule has 2 aliphatic heterocycles. The fourth-order valence-electron chi connectivity index (χ4n) is 1.20. The number of halogens is 3. The Bertz CT molecular complexity index is 384. The molecule has 2 aliphatic rings. The minimum absolute atomic E-state index is 0.0223. The normalized spacial score (nSPS) is 21.0. The fraction of sp³-hybridized carbons (Fsp3) is 0.286. The minimum atomic E-state index is -4.48. The predicted octanol–water partition coefficient (Wildman–Crippen LogP) is 1.59. The number of nitrogens with zero attached hydrogens (tertiary/aromatic N) is 3. The molecule has 2 heterocycles. The minimum Gasteiger partial charge on any atom is -0.234 e. The van der Waals surface area contributed by atoms with Crippen LogP contribution < -0.4 is 5.53 Å². The quantitative estimate of drug-likeness (QED) is 0.494. The molecule has 0 saturated carbocycles. The molecule has 0 atom stereocenters. The topological polar surface area (TPSA) is 30.9 Å². The molecular formula is C7H7F3N4S. The van der Waals surface area contributed by atoms with Crippen LogP contribution in [0.5, 0.6) is 0 Å². The molecular weight excluding hydrogens is 229 g/mol. The SMILES string of the molecule is CC1=NC2=CN(C(F)(F)F)NN2C(S)=C1. The van der Waals surface area contributed by atoms with Crippen molar-refractivity contribution in [3.63, 3.8) is 0 Å². The van der Waals surface area contributed by atoms with Gasteiger partial charge in [-0.25, -0.2) is 15.0 Å². The molecule has 0 unspecified atom stereocenters. The number of allylic oxidation sites excluding steroid dienone is 1. The lowest BCUT2D eigenvalue weighted by Crippen LogP contribution is -2.46. The second kappa shape index (κ2) is 3.17. The number of alkyl halides is 3. The van der Waals surface area contributed by atoms with E-state index >= 15 is 0 Å². The van der Waals surface area contributed by atoms with E-state index in [1.165, 1.54) is 0 Å². The van der Waals surface area contributed by atoms with E-state index in [1.807, 2.05) is 0 Å². The highest BCUT2D eigenvalue weighted by atomic mass is 32.1. The van der Waals surface area contributed by atoms with Gasteiger partial charge in [-0.1, -0.05) is 0 Å². The Morgan fingerprint density at radius 1 is 1.47 bits per heavy atom. The Labute approximate surface area is 89.1 Å². The van der Waals surface area contributed by atoms with E-state index in [9.17, 15) is 13.2 Å². The van der Waals surface area contributed by atoms with Gasteiger partial charge in [0.15, 0.2) is 5.82 Å². The molecule has 0 saturated heterocycles. The summed E-state index contributed by atoms with van der Waals surface area (Å²) >= 11 is 4.04. The van der Waals surface area contributed by atoms with Crippen LogP contribution >= 0.6 is 12.6 Å². The van der Waals surface area contributed by atoms with Crippen molar-refractivity contribution in [2.45, 2.75) is 13.2 Å². The van der Waals surface area contributed by atoms with E-state index < -0.39 is 6.30 Å². The molecule has 15 heavy (non-hydrogen) atoms. The first-order valence-electron chi connectivity index (χ1n) is 3.98. The smallest absolute Gasteiger partial charge is 0.234 e. The average Bonchev–Trinajstić information content (AvgIpc) is 2.46. The highest BCUT2D eigenvalue weighted by Crippen LogP contribution is 2.30. The van der Waals surface area contributed by atoms with Gasteiger partial charge in [0, 0.05) is 5.71 Å². The molecule has 82 valence electrons. The van der Waals surface area contributed by atoms with E-state index in [-0.39, 0.29) is 10.8 Å². The van der Waals surface area contributed by atoms with Crippen LogP contribution in [0.25, 0.3) is 0 Å². The second-order valence-corrected chi connectivity index (χ2v) is 3.47. The number of hydrogen-bond donors (Lipinski definition) is 2. The van der Waals surface area contributed by atoms with Crippen LogP contribution in [0.15, 0.2) is 28.1 Å². The summed E-state index contributed by atoms with van der Waals surface area (Å²) in [7, 11) is 0. The monoisotopic (exact) mass is 236 g/mol. The highest BCUT2D eigenvalue weighted by molar-refractivity contribution is 7.84. The van der Waals surface area contributed by atoms with Gasteiger partial charge in [-0.2, -0.15) is 0 Å². The lowest BCUT2D eigenvalue weighted by molar-refractivity contribution is -0.250. The second-order valence-electron chi connectivity index (χ2n) is 3.02. The molecule has 2 rings (SSSR count). The predicted molar refractivity (Wildman–Crippen MR) is 51.1 cm³/mol. The summed E-state index contributed by atoms with van der Waals surface area (Å²) in [5.74, 6) is 0.164. The molecule has 4 nitrogen and oxygen atoms in total. The molecule has 0 aromatic heterocycles. The van der Waals surface area contributed by atoms with Crippen molar-refractivity contribution in [3.05, 3.63) is 23.1 Å². The Balaban J connectivity index is 2.30. The zero-order valence-electron chi connectivity index (χ0n) is 7.58.